The summed E-state index contributed by atoms with van der Waals surface area (Å²) < 4.78 is 5.41. The number of anilines is 2. The maximum absolute atomic E-state index is 12.5. The van der Waals surface area contributed by atoms with Crippen LogP contribution in [0.3, 0.4) is 0 Å². The van der Waals surface area contributed by atoms with Crippen molar-refractivity contribution < 1.29 is 14.3 Å². The largest absolute Gasteiger partial charge is 0.494 e. The molecular formula is C19H19ClN2O3. The van der Waals surface area contributed by atoms with E-state index >= 15 is 0 Å². The fourth-order valence-corrected chi connectivity index (χ4v) is 3.00. The molecule has 1 aliphatic rings. The van der Waals surface area contributed by atoms with Crippen LogP contribution in [0.5, 0.6) is 5.75 Å². The quantitative estimate of drug-likeness (QED) is 0.886. The summed E-state index contributed by atoms with van der Waals surface area (Å²) >= 11 is 6.06. The molecule has 0 radical (unpaired) electrons. The molecule has 1 atom stereocenters. The zero-order valence-electron chi connectivity index (χ0n) is 13.9. The first kappa shape index (κ1) is 17.3. The minimum atomic E-state index is -0.407. The first-order valence-electron chi connectivity index (χ1n) is 8.17. The standard InChI is InChI=1S/C19H19ClN2O3/c1-2-25-15-9-7-14(8-10-15)22-12-13(11-18(22)23)19(24)21-17-6-4-3-5-16(17)20/h3-10,13H,2,11-12H2,1H3,(H,21,24). The van der Waals surface area contributed by atoms with Crippen LogP contribution >= 0.6 is 11.6 Å². The van der Waals surface area contributed by atoms with Gasteiger partial charge in [-0.25, -0.2) is 0 Å². The minimum absolute atomic E-state index is 0.0662. The fourth-order valence-electron chi connectivity index (χ4n) is 2.82. The summed E-state index contributed by atoms with van der Waals surface area (Å²) in [6.45, 7) is 2.86. The number of amides is 2. The molecule has 0 aliphatic carbocycles. The van der Waals surface area contributed by atoms with Gasteiger partial charge in [0.2, 0.25) is 11.8 Å². The monoisotopic (exact) mass is 358 g/mol. The molecule has 1 N–H and O–H groups in total. The van der Waals surface area contributed by atoms with Crippen LogP contribution in [0.15, 0.2) is 48.5 Å². The number of hydrogen-bond acceptors (Lipinski definition) is 3. The van der Waals surface area contributed by atoms with Crippen LogP contribution in [-0.4, -0.2) is 25.0 Å². The molecule has 1 saturated heterocycles. The van der Waals surface area contributed by atoms with E-state index in [1.807, 2.05) is 31.2 Å². The molecule has 1 aliphatic heterocycles. The van der Waals surface area contributed by atoms with Crippen LogP contribution in [0.25, 0.3) is 0 Å². The average Bonchev–Trinajstić information content (AvgIpc) is 3.00. The van der Waals surface area contributed by atoms with Gasteiger partial charge in [-0.3, -0.25) is 9.59 Å². The number of rotatable bonds is 5. The Kier molecular flexibility index (Phi) is 5.24. The first-order chi connectivity index (χ1) is 12.1. The predicted octanol–water partition coefficient (Wildman–Crippen LogP) is 3.73. The van der Waals surface area contributed by atoms with Gasteiger partial charge in [-0.2, -0.15) is 0 Å². The minimum Gasteiger partial charge on any atom is -0.494 e. The van der Waals surface area contributed by atoms with Crippen LogP contribution in [0.4, 0.5) is 11.4 Å². The van der Waals surface area contributed by atoms with Gasteiger partial charge in [-0.1, -0.05) is 23.7 Å². The maximum Gasteiger partial charge on any atom is 0.229 e. The summed E-state index contributed by atoms with van der Waals surface area (Å²) in [6, 6.07) is 14.4. The van der Waals surface area contributed by atoms with Crippen LogP contribution in [-0.2, 0) is 9.59 Å². The summed E-state index contributed by atoms with van der Waals surface area (Å²) in [4.78, 5) is 26.4. The zero-order chi connectivity index (χ0) is 17.8. The smallest absolute Gasteiger partial charge is 0.229 e. The molecule has 2 aromatic rings. The van der Waals surface area contributed by atoms with E-state index in [0.29, 0.717) is 23.9 Å². The number of benzene rings is 2. The van der Waals surface area contributed by atoms with Crippen molar-refractivity contribution >= 4 is 34.8 Å². The summed E-state index contributed by atoms with van der Waals surface area (Å²) in [6.07, 6.45) is 0.184. The fraction of sp³-hybridized carbons (Fsp3) is 0.263. The Morgan fingerprint density at radius 2 is 1.96 bits per heavy atom. The average molecular weight is 359 g/mol. The van der Waals surface area contributed by atoms with Crippen molar-refractivity contribution in [2.45, 2.75) is 13.3 Å². The normalized spacial score (nSPS) is 16.8. The highest BCUT2D eigenvalue weighted by molar-refractivity contribution is 6.33. The third-order valence-corrected chi connectivity index (χ3v) is 4.42. The third kappa shape index (κ3) is 3.94. The highest BCUT2D eigenvalue weighted by Crippen LogP contribution is 2.28. The SMILES string of the molecule is CCOc1ccc(N2CC(C(=O)Nc3ccccc3Cl)CC2=O)cc1. The number of ether oxygens (including phenoxy) is 1. The molecule has 3 rings (SSSR count). The Morgan fingerprint density at radius 1 is 1.24 bits per heavy atom. The molecule has 1 unspecified atom stereocenters. The van der Waals surface area contributed by atoms with Gasteiger partial charge in [0.15, 0.2) is 0 Å². The maximum atomic E-state index is 12.5. The number of carbonyl (C=O) groups excluding carboxylic acids is 2. The summed E-state index contributed by atoms with van der Waals surface area (Å²) in [5.74, 6) is 0.0830. The van der Waals surface area contributed by atoms with E-state index in [2.05, 4.69) is 5.32 Å². The Hall–Kier alpha value is -2.53. The van der Waals surface area contributed by atoms with Crippen molar-refractivity contribution in [2.75, 3.05) is 23.4 Å². The van der Waals surface area contributed by atoms with Crippen molar-refractivity contribution in [1.29, 1.82) is 0 Å². The first-order valence-corrected chi connectivity index (χ1v) is 8.55. The van der Waals surface area contributed by atoms with E-state index in [1.54, 1.807) is 29.2 Å². The second-order valence-corrected chi connectivity index (χ2v) is 6.21. The lowest BCUT2D eigenvalue weighted by Crippen LogP contribution is -2.28. The lowest BCUT2D eigenvalue weighted by molar-refractivity contribution is -0.122. The molecule has 25 heavy (non-hydrogen) atoms. The number of nitrogens with one attached hydrogen (secondary N) is 1. The molecule has 1 heterocycles. The molecule has 5 nitrogen and oxygen atoms in total. The van der Waals surface area contributed by atoms with Gasteiger partial charge >= 0.3 is 0 Å². The van der Waals surface area contributed by atoms with Gasteiger partial charge in [-0.05, 0) is 43.3 Å². The molecule has 2 aromatic carbocycles. The van der Waals surface area contributed by atoms with Crippen molar-refractivity contribution in [3.63, 3.8) is 0 Å². The van der Waals surface area contributed by atoms with E-state index in [1.165, 1.54) is 0 Å². The number of nitrogens with zero attached hydrogens (tertiary/aromatic N) is 1. The van der Waals surface area contributed by atoms with Crippen molar-refractivity contribution in [1.82, 2.24) is 0 Å². The van der Waals surface area contributed by atoms with Gasteiger partial charge in [-0.15, -0.1) is 0 Å². The molecular weight excluding hydrogens is 340 g/mol. The summed E-state index contributed by atoms with van der Waals surface area (Å²) in [5.41, 5.74) is 1.32. The van der Waals surface area contributed by atoms with E-state index in [4.69, 9.17) is 16.3 Å². The molecule has 1 fully saturated rings. The van der Waals surface area contributed by atoms with E-state index in [0.717, 1.165) is 11.4 Å². The molecule has 6 heteroatoms. The predicted molar refractivity (Wildman–Crippen MR) is 98.2 cm³/mol. The van der Waals surface area contributed by atoms with Gasteiger partial charge in [0.25, 0.3) is 0 Å². The lowest BCUT2D eigenvalue weighted by Gasteiger charge is -2.17. The molecule has 0 spiro atoms. The van der Waals surface area contributed by atoms with E-state index < -0.39 is 5.92 Å². The molecule has 0 bridgehead atoms. The van der Waals surface area contributed by atoms with Gasteiger partial charge in [0, 0.05) is 18.7 Å². The highest BCUT2D eigenvalue weighted by Gasteiger charge is 2.35. The third-order valence-electron chi connectivity index (χ3n) is 4.09. The number of hydrogen-bond donors (Lipinski definition) is 1. The number of para-hydroxylation sites is 1. The van der Waals surface area contributed by atoms with Crippen molar-refractivity contribution in [3.05, 3.63) is 53.6 Å². The lowest BCUT2D eigenvalue weighted by atomic mass is 10.1. The molecule has 0 saturated carbocycles. The molecule has 0 aromatic heterocycles. The van der Waals surface area contributed by atoms with Crippen LogP contribution in [0.2, 0.25) is 5.02 Å². The van der Waals surface area contributed by atoms with E-state index in [-0.39, 0.29) is 18.2 Å². The van der Waals surface area contributed by atoms with Crippen molar-refractivity contribution in [3.8, 4) is 5.75 Å². The number of halogens is 1. The zero-order valence-corrected chi connectivity index (χ0v) is 14.6. The van der Waals surface area contributed by atoms with Gasteiger partial charge < -0.3 is 15.0 Å². The molecule has 2 amide bonds. The number of carbonyl (C=O) groups is 2. The van der Waals surface area contributed by atoms with E-state index in [9.17, 15) is 9.59 Å². The Morgan fingerprint density at radius 3 is 2.64 bits per heavy atom. The summed E-state index contributed by atoms with van der Waals surface area (Å²) in [5, 5.41) is 3.28. The Labute approximate surface area is 151 Å². The second-order valence-electron chi connectivity index (χ2n) is 5.80. The second kappa shape index (κ2) is 7.57. The highest BCUT2D eigenvalue weighted by atomic mass is 35.5. The Balaban J connectivity index is 1.67. The van der Waals surface area contributed by atoms with Crippen molar-refractivity contribution in [2.24, 2.45) is 5.92 Å². The van der Waals surface area contributed by atoms with Crippen LogP contribution in [0, 0.1) is 5.92 Å². The Bertz CT molecular complexity index is 776. The van der Waals surface area contributed by atoms with Gasteiger partial charge in [0.05, 0.1) is 23.2 Å². The topological polar surface area (TPSA) is 58.6 Å². The van der Waals surface area contributed by atoms with Crippen LogP contribution in [0.1, 0.15) is 13.3 Å². The summed E-state index contributed by atoms with van der Waals surface area (Å²) in [7, 11) is 0. The molecule has 130 valence electrons. The van der Waals surface area contributed by atoms with Crippen LogP contribution < -0.4 is 15.0 Å². The van der Waals surface area contributed by atoms with Gasteiger partial charge in [0.1, 0.15) is 5.75 Å².